The van der Waals surface area contributed by atoms with Gasteiger partial charge in [-0.05, 0) is 45.0 Å². The summed E-state index contributed by atoms with van der Waals surface area (Å²) in [4.78, 5) is 52.5. The van der Waals surface area contributed by atoms with Crippen molar-refractivity contribution in [2.45, 2.75) is 44.8 Å². The Bertz CT molecular complexity index is 807. The summed E-state index contributed by atoms with van der Waals surface area (Å²) in [6.07, 6.45) is 1.08. The van der Waals surface area contributed by atoms with Crippen LogP contribution in [0, 0.1) is 0 Å². The van der Waals surface area contributed by atoms with Gasteiger partial charge in [0.15, 0.2) is 0 Å². The van der Waals surface area contributed by atoms with Gasteiger partial charge in [-0.3, -0.25) is 34.3 Å². The molecule has 1 fully saturated rings. The Morgan fingerprint density at radius 1 is 1.26 bits per heavy atom. The molecule has 0 spiro atoms. The highest BCUT2D eigenvalue weighted by molar-refractivity contribution is 6.24. The fourth-order valence-electron chi connectivity index (χ4n) is 3.60. The normalized spacial score (nSPS) is 20.9. The second-order valence-corrected chi connectivity index (χ2v) is 7.13. The second-order valence-electron chi connectivity index (χ2n) is 7.13. The third-order valence-electron chi connectivity index (χ3n) is 5.31. The maximum Gasteiger partial charge on any atom is 0.262 e. The number of imide groups is 2. The Morgan fingerprint density at radius 3 is 2.67 bits per heavy atom. The van der Waals surface area contributed by atoms with Gasteiger partial charge in [-0.1, -0.05) is 12.1 Å². The molecule has 144 valence electrons. The summed E-state index contributed by atoms with van der Waals surface area (Å²) in [6, 6.07) is 4.45. The summed E-state index contributed by atoms with van der Waals surface area (Å²) in [5.41, 5.74) is 7.02. The molecule has 0 saturated carbocycles. The first-order valence-electron chi connectivity index (χ1n) is 9.09. The lowest BCUT2D eigenvalue weighted by Crippen LogP contribution is -2.54. The Morgan fingerprint density at radius 2 is 2.00 bits per heavy atom. The summed E-state index contributed by atoms with van der Waals surface area (Å²) in [6.45, 7) is 3.12. The van der Waals surface area contributed by atoms with Crippen LogP contribution >= 0.6 is 0 Å². The highest BCUT2D eigenvalue weighted by Crippen LogP contribution is 2.30. The minimum Gasteiger partial charge on any atom is -0.330 e. The number of benzene rings is 1. The van der Waals surface area contributed by atoms with Gasteiger partial charge in [-0.15, -0.1) is 0 Å². The van der Waals surface area contributed by atoms with Crippen LogP contribution in [0.5, 0.6) is 0 Å². The standard InChI is InChI=1S/C19H24N4O4/c1-11(8-9-20)22(2)10-12-4-3-5-13-16(12)19(27)23(18(13)26)14-6-7-15(24)21-17(14)25/h3-5,11,14H,6-10,20H2,1-2H3,(H,21,24,25). The van der Waals surface area contributed by atoms with E-state index in [4.69, 9.17) is 5.73 Å². The van der Waals surface area contributed by atoms with E-state index in [1.807, 2.05) is 13.1 Å². The maximum absolute atomic E-state index is 13.0. The van der Waals surface area contributed by atoms with Gasteiger partial charge < -0.3 is 5.73 Å². The predicted octanol–water partition coefficient (Wildman–Crippen LogP) is 0.257. The molecule has 3 N–H and O–H groups in total. The molecule has 1 saturated heterocycles. The first-order chi connectivity index (χ1) is 12.8. The minimum absolute atomic E-state index is 0.107. The van der Waals surface area contributed by atoms with E-state index in [2.05, 4.69) is 17.1 Å². The third kappa shape index (κ3) is 3.50. The largest absolute Gasteiger partial charge is 0.330 e. The summed E-state index contributed by atoms with van der Waals surface area (Å²) in [5.74, 6) is -1.94. The molecule has 8 heteroatoms. The van der Waals surface area contributed by atoms with Gasteiger partial charge in [0.25, 0.3) is 11.8 Å². The zero-order valence-corrected chi connectivity index (χ0v) is 15.5. The lowest BCUT2D eigenvalue weighted by molar-refractivity contribution is -0.136. The molecule has 4 amide bonds. The molecule has 0 bridgehead atoms. The number of fused-ring (bicyclic) bond motifs is 1. The van der Waals surface area contributed by atoms with Crippen LogP contribution in [0.4, 0.5) is 0 Å². The number of nitrogens with two attached hydrogens (primary N) is 1. The molecule has 0 aromatic heterocycles. The van der Waals surface area contributed by atoms with Crippen LogP contribution in [-0.2, 0) is 16.1 Å². The average Bonchev–Trinajstić information content (AvgIpc) is 2.87. The summed E-state index contributed by atoms with van der Waals surface area (Å²) in [5, 5.41) is 2.21. The number of rotatable bonds is 6. The molecule has 0 radical (unpaired) electrons. The van der Waals surface area contributed by atoms with Gasteiger partial charge in [-0.2, -0.15) is 0 Å². The van der Waals surface area contributed by atoms with Crippen LogP contribution in [0.25, 0.3) is 0 Å². The summed E-state index contributed by atoms with van der Waals surface area (Å²) in [7, 11) is 1.94. The minimum atomic E-state index is -0.947. The first kappa shape index (κ1) is 19.2. The highest BCUT2D eigenvalue weighted by Gasteiger charge is 2.45. The molecular weight excluding hydrogens is 348 g/mol. The van der Waals surface area contributed by atoms with Gasteiger partial charge in [0.2, 0.25) is 11.8 Å². The van der Waals surface area contributed by atoms with E-state index in [1.54, 1.807) is 12.1 Å². The van der Waals surface area contributed by atoms with Crippen molar-refractivity contribution in [3.05, 3.63) is 34.9 Å². The van der Waals surface area contributed by atoms with Crippen LogP contribution in [0.3, 0.4) is 0 Å². The number of piperidine rings is 1. The van der Waals surface area contributed by atoms with Crippen LogP contribution < -0.4 is 11.1 Å². The molecule has 2 unspecified atom stereocenters. The van der Waals surface area contributed by atoms with Crippen LogP contribution in [-0.4, -0.2) is 59.1 Å². The summed E-state index contributed by atoms with van der Waals surface area (Å²) < 4.78 is 0. The number of hydrogen-bond donors (Lipinski definition) is 2. The van der Waals surface area contributed by atoms with E-state index < -0.39 is 23.8 Å². The molecule has 2 aliphatic rings. The molecule has 27 heavy (non-hydrogen) atoms. The number of nitrogens with zero attached hydrogens (tertiary/aromatic N) is 2. The van der Waals surface area contributed by atoms with E-state index in [1.165, 1.54) is 0 Å². The predicted molar refractivity (Wildman–Crippen MR) is 97.7 cm³/mol. The number of carbonyl (C=O) groups is 4. The van der Waals surface area contributed by atoms with Crippen molar-refractivity contribution in [3.8, 4) is 0 Å². The molecule has 1 aromatic rings. The van der Waals surface area contributed by atoms with E-state index in [-0.39, 0.29) is 24.8 Å². The Kier molecular flexibility index (Phi) is 5.38. The van der Waals surface area contributed by atoms with Crippen molar-refractivity contribution in [1.82, 2.24) is 15.1 Å². The number of hydrogen-bond acceptors (Lipinski definition) is 6. The lowest BCUT2D eigenvalue weighted by atomic mass is 10.0. The average molecular weight is 372 g/mol. The second kappa shape index (κ2) is 7.58. The smallest absolute Gasteiger partial charge is 0.262 e. The van der Waals surface area contributed by atoms with Gasteiger partial charge in [0.1, 0.15) is 6.04 Å². The summed E-state index contributed by atoms with van der Waals surface area (Å²) >= 11 is 0. The monoisotopic (exact) mass is 372 g/mol. The molecule has 0 aliphatic carbocycles. The fraction of sp³-hybridized carbons (Fsp3) is 0.474. The quantitative estimate of drug-likeness (QED) is 0.693. The molecular formula is C19H24N4O4. The van der Waals surface area contributed by atoms with Crippen LogP contribution in [0.1, 0.15) is 52.5 Å². The van der Waals surface area contributed by atoms with Crippen molar-refractivity contribution in [2.24, 2.45) is 5.73 Å². The van der Waals surface area contributed by atoms with E-state index in [0.29, 0.717) is 24.2 Å². The van der Waals surface area contributed by atoms with Gasteiger partial charge in [-0.25, -0.2) is 0 Å². The fourth-order valence-corrected chi connectivity index (χ4v) is 3.60. The Labute approximate surface area is 157 Å². The lowest BCUT2D eigenvalue weighted by Gasteiger charge is -2.28. The number of nitrogens with one attached hydrogen (secondary N) is 1. The zero-order valence-electron chi connectivity index (χ0n) is 15.5. The van der Waals surface area contributed by atoms with Crippen LogP contribution in [0.15, 0.2) is 18.2 Å². The molecule has 1 aromatic carbocycles. The van der Waals surface area contributed by atoms with Crippen molar-refractivity contribution in [1.29, 1.82) is 0 Å². The van der Waals surface area contributed by atoms with Crippen molar-refractivity contribution in [2.75, 3.05) is 13.6 Å². The SMILES string of the molecule is CC(CCN)N(C)Cc1cccc2c1C(=O)N(C1CCC(=O)NC1=O)C2=O. The van der Waals surface area contributed by atoms with Crippen LogP contribution in [0.2, 0.25) is 0 Å². The molecule has 3 rings (SSSR count). The topological polar surface area (TPSA) is 113 Å². The number of amides is 4. The maximum atomic E-state index is 13.0. The van der Waals surface area contributed by atoms with Crippen molar-refractivity contribution in [3.63, 3.8) is 0 Å². The van der Waals surface area contributed by atoms with E-state index in [0.717, 1.165) is 16.9 Å². The van der Waals surface area contributed by atoms with Crippen molar-refractivity contribution < 1.29 is 19.2 Å². The Balaban J connectivity index is 1.88. The zero-order chi connectivity index (χ0) is 19.7. The molecule has 2 atom stereocenters. The van der Waals surface area contributed by atoms with Crippen molar-refractivity contribution >= 4 is 23.6 Å². The molecule has 2 heterocycles. The third-order valence-corrected chi connectivity index (χ3v) is 5.31. The van der Waals surface area contributed by atoms with Gasteiger partial charge in [0.05, 0.1) is 11.1 Å². The van der Waals surface area contributed by atoms with E-state index in [9.17, 15) is 19.2 Å². The first-order valence-corrected chi connectivity index (χ1v) is 9.09. The Hall–Kier alpha value is -2.58. The van der Waals surface area contributed by atoms with Gasteiger partial charge in [0, 0.05) is 19.0 Å². The number of carbonyl (C=O) groups excluding carboxylic acids is 4. The van der Waals surface area contributed by atoms with Gasteiger partial charge >= 0.3 is 0 Å². The molecule has 8 nitrogen and oxygen atoms in total. The molecule has 2 aliphatic heterocycles. The highest BCUT2D eigenvalue weighted by atomic mass is 16.2. The van der Waals surface area contributed by atoms with E-state index >= 15 is 0 Å².